The quantitative estimate of drug-likeness (QED) is 0.460. The summed E-state index contributed by atoms with van der Waals surface area (Å²) in [4.78, 5) is 4.16. The largest absolute Gasteiger partial charge is 0.323 e. The molecule has 1 aromatic carbocycles. The van der Waals surface area contributed by atoms with Gasteiger partial charge in [-0.05, 0) is 17.7 Å². The number of aromatic nitrogens is 1. The van der Waals surface area contributed by atoms with E-state index in [-0.39, 0.29) is 0 Å². The molecule has 80 valence electrons. The van der Waals surface area contributed by atoms with Crippen molar-refractivity contribution in [2.24, 2.45) is 10.9 Å². The molecule has 2 rings (SSSR count). The zero-order chi connectivity index (χ0) is 12.4. The molecule has 0 aliphatic rings. The average Bonchev–Trinajstić information content (AvgIpc) is 2.82. The summed E-state index contributed by atoms with van der Waals surface area (Å²) in [6.07, 6.45) is 1.62. The molecule has 0 amide bonds. The van der Waals surface area contributed by atoms with E-state index in [0.29, 0.717) is 0 Å². The van der Waals surface area contributed by atoms with Crippen molar-refractivity contribution in [1.29, 1.82) is 10.5 Å². The zero-order valence-electron chi connectivity index (χ0n) is 8.32. The van der Waals surface area contributed by atoms with Gasteiger partial charge in [0, 0.05) is 13.1 Å². The van der Waals surface area contributed by atoms with Crippen LogP contribution in [-0.2, 0) is 0 Å². The number of fused-ring (bicyclic) bond motifs is 1. The third kappa shape index (κ3) is 3.37. The van der Waals surface area contributed by atoms with E-state index in [1.54, 1.807) is 17.6 Å². The number of hydrogen-bond donors (Lipinski definition) is 1. The maximum Gasteiger partial charge on any atom is 0.0812 e. The third-order valence-electron chi connectivity index (χ3n) is 1.58. The van der Waals surface area contributed by atoms with Crippen molar-refractivity contribution in [3.8, 4) is 13.1 Å². The van der Waals surface area contributed by atoms with Crippen LogP contribution in [0.1, 0.15) is 5.56 Å². The summed E-state index contributed by atoms with van der Waals surface area (Å²) < 4.78 is 1.16. The minimum atomic E-state index is 1.01. The molecule has 0 fully saturated rings. The molecule has 5 nitrogen and oxygen atoms in total. The van der Waals surface area contributed by atoms with E-state index in [1.807, 2.05) is 23.7 Å². The molecular formula is C10H9N5S. The Morgan fingerprint density at radius 3 is 2.62 bits per heavy atom. The van der Waals surface area contributed by atoms with Crippen molar-refractivity contribution >= 4 is 27.8 Å². The van der Waals surface area contributed by atoms with Gasteiger partial charge in [-0.1, -0.05) is 6.07 Å². The van der Waals surface area contributed by atoms with E-state index < -0.39 is 0 Å². The predicted octanol–water partition coefficient (Wildman–Crippen LogP) is 1.87. The highest BCUT2D eigenvalue weighted by Gasteiger charge is 1.95. The van der Waals surface area contributed by atoms with Crippen LogP contribution in [0.5, 0.6) is 0 Å². The molecule has 0 aliphatic carbocycles. The van der Waals surface area contributed by atoms with Gasteiger partial charge in [0.25, 0.3) is 0 Å². The first-order valence-electron chi connectivity index (χ1n) is 3.98. The second kappa shape index (κ2) is 7.92. The van der Waals surface area contributed by atoms with Crippen LogP contribution in [0.3, 0.4) is 0 Å². The lowest BCUT2D eigenvalue weighted by Gasteiger charge is -1.90. The SMILES string of the molecule is C#N.C#N.NN=Cc1ccc2ncsc2c1. The maximum atomic E-state index is 6.50. The molecule has 0 saturated carbocycles. The van der Waals surface area contributed by atoms with Gasteiger partial charge in [-0.2, -0.15) is 5.10 Å². The number of thiazole rings is 1. The number of hydrogen-bond acceptors (Lipinski definition) is 6. The van der Waals surface area contributed by atoms with Crippen molar-refractivity contribution < 1.29 is 0 Å². The van der Waals surface area contributed by atoms with E-state index in [4.69, 9.17) is 16.4 Å². The summed E-state index contributed by atoms with van der Waals surface area (Å²) in [5.74, 6) is 5.04. The van der Waals surface area contributed by atoms with E-state index >= 15 is 0 Å². The molecule has 1 heterocycles. The molecule has 0 aliphatic heterocycles. The summed E-state index contributed by atoms with van der Waals surface area (Å²) in [5.41, 5.74) is 3.86. The van der Waals surface area contributed by atoms with Crippen molar-refractivity contribution in [2.45, 2.75) is 0 Å². The molecule has 0 saturated heterocycles. The number of benzene rings is 1. The Hall–Kier alpha value is -2.44. The van der Waals surface area contributed by atoms with Gasteiger partial charge in [0.05, 0.1) is 21.9 Å². The first-order chi connectivity index (χ1) is 7.90. The highest BCUT2D eigenvalue weighted by atomic mass is 32.1. The van der Waals surface area contributed by atoms with Crippen LogP contribution in [0.25, 0.3) is 10.2 Å². The monoisotopic (exact) mass is 231 g/mol. The second-order valence-corrected chi connectivity index (χ2v) is 3.24. The Kier molecular flexibility index (Phi) is 6.71. The van der Waals surface area contributed by atoms with Crippen LogP contribution in [0.2, 0.25) is 0 Å². The molecule has 2 aromatic rings. The van der Waals surface area contributed by atoms with Crippen molar-refractivity contribution in [1.82, 2.24) is 4.98 Å². The summed E-state index contributed by atoms with van der Waals surface area (Å²) in [6.45, 7) is 7.00. The lowest BCUT2D eigenvalue weighted by molar-refractivity contribution is 1.26. The molecular weight excluding hydrogens is 222 g/mol. The van der Waals surface area contributed by atoms with Gasteiger partial charge >= 0.3 is 0 Å². The smallest absolute Gasteiger partial charge is 0.0812 e. The maximum absolute atomic E-state index is 6.50. The third-order valence-corrected chi connectivity index (χ3v) is 2.37. The summed E-state index contributed by atoms with van der Waals surface area (Å²) in [6, 6.07) is 5.92. The normalized spacial score (nSPS) is 8.75. The second-order valence-electron chi connectivity index (χ2n) is 2.36. The summed E-state index contributed by atoms with van der Waals surface area (Å²) in [7, 11) is 0. The molecule has 2 N–H and O–H groups in total. The average molecular weight is 231 g/mol. The van der Waals surface area contributed by atoms with Gasteiger partial charge in [0.15, 0.2) is 0 Å². The topological polar surface area (TPSA) is 98.8 Å². The van der Waals surface area contributed by atoms with E-state index in [1.165, 1.54) is 0 Å². The summed E-state index contributed by atoms with van der Waals surface area (Å²) >= 11 is 1.61. The van der Waals surface area contributed by atoms with Gasteiger partial charge < -0.3 is 5.84 Å². The Bertz CT molecular complexity index is 491. The van der Waals surface area contributed by atoms with E-state index in [2.05, 4.69) is 23.2 Å². The Labute approximate surface area is 97.1 Å². The van der Waals surface area contributed by atoms with Crippen LogP contribution < -0.4 is 5.84 Å². The first-order valence-corrected chi connectivity index (χ1v) is 4.86. The Morgan fingerprint density at radius 1 is 1.31 bits per heavy atom. The van der Waals surface area contributed by atoms with Gasteiger partial charge in [-0.3, -0.25) is 0 Å². The van der Waals surface area contributed by atoms with Crippen LogP contribution in [-0.4, -0.2) is 11.2 Å². The van der Waals surface area contributed by atoms with Gasteiger partial charge in [0.1, 0.15) is 0 Å². The standard InChI is InChI=1S/C8H7N3S.2CHN/c9-11-4-6-1-2-7-8(3-6)12-5-10-7;2*1-2/h1-5H,9H2;2*1H. The van der Waals surface area contributed by atoms with Crippen LogP contribution in [0.15, 0.2) is 28.8 Å². The summed E-state index contributed by atoms with van der Waals surface area (Å²) in [5, 5.41) is 16.5. The van der Waals surface area contributed by atoms with Gasteiger partial charge in [0.2, 0.25) is 0 Å². The minimum Gasteiger partial charge on any atom is -0.323 e. The number of nitrogens with two attached hydrogens (primary N) is 1. The van der Waals surface area contributed by atoms with Gasteiger partial charge in [-0.25, -0.2) is 15.5 Å². The molecule has 6 heteroatoms. The Balaban J connectivity index is 0.000000509. The fourth-order valence-corrected chi connectivity index (χ4v) is 1.76. The van der Waals surface area contributed by atoms with Crippen LogP contribution >= 0.6 is 11.3 Å². The first kappa shape index (κ1) is 13.6. The lowest BCUT2D eigenvalue weighted by Crippen LogP contribution is -1.84. The fourth-order valence-electron chi connectivity index (χ4n) is 1.04. The number of nitrogens with zero attached hydrogens (tertiary/aromatic N) is 4. The van der Waals surface area contributed by atoms with Crippen molar-refractivity contribution in [3.63, 3.8) is 0 Å². The molecule has 0 bridgehead atoms. The molecule has 0 unspecified atom stereocenters. The van der Waals surface area contributed by atoms with Crippen LogP contribution in [0.4, 0.5) is 0 Å². The molecule has 0 atom stereocenters. The number of rotatable bonds is 1. The highest BCUT2D eigenvalue weighted by molar-refractivity contribution is 7.16. The van der Waals surface area contributed by atoms with Crippen LogP contribution in [0, 0.1) is 23.7 Å². The van der Waals surface area contributed by atoms with E-state index in [9.17, 15) is 0 Å². The predicted molar refractivity (Wildman–Crippen MR) is 64.7 cm³/mol. The van der Waals surface area contributed by atoms with Gasteiger partial charge in [-0.15, -0.1) is 11.3 Å². The lowest BCUT2D eigenvalue weighted by atomic mass is 10.2. The van der Waals surface area contributed by atoms with Crippen molar-refractivity contribution in [2.75, 3.05) is 0 Å². The number of hydrazone groups is 1. The number of nitriles is 2. The zero-order valence-corrected chi connectivity index (χ0v) is 9.13. The molecule has 0 spiro atoms. The molecule has 0 radical (unpaired) electrons. The van der Waals surface area contributed by atoms with E-state index in [0.717, 1.165) is 15.8 Å². The fraction of sp³-hybridized carbons (Fsp3) is 0. The highest BCUT2D eigenvalue weighted by Crippen LogP contribution is 2.17. The minimum absolute atomic E-state index is 1.01. The molecule has 16 heavy (non-hydrogen) atoms. The Morgan fingerprint density at radius 2 is 2.00 bits per heavy atom. The van der Waals surface area contributed by atoms with Crippen molar-refractivity contribution in [3.05, 3.63) is 29.3 Å². The molecule has 1 aromatic heterocycles.